The first-order valence-electron chi connectivity index (χ1n) is 3.67. The van der Waals surface area contributed by atoms with Gasteiger partial charge in [-0.2, -0.15) is 11.3 Å². The number of thiophene rings is 1. The van der Waals surface area contributed by atoms with Gasteiger partial charge in [-0.3, -0.25) is 0 Å². The van der Waals surface area contributed by atoms with Crippen LogP contribution in [0.3, 0.4) is 0 Å². The molecule has 12 heavy (non-hydrogen) atoms. The van der Waals surface area contributed by atoms with Gasteiger partial charge in [-0.05, 0) is 28.8 Å². The lowest BCUT2D eigenvalue weighted by Gasteiger charge is -2.12. The van der Waals surface area contributed by atoms with Crippen LogP contribution in [0.25, 0.3) is 0 Å². The summed E-state index contributed by atoms with van der Waals surface area (Å²) >= 11 is 1.44. The molecule has 1 heterocycles. The first-order valence-corrected chi connectivity index (χ1v) is 4.62. The van der Waals surface area contributed by atoms with Crippen molar-refractivity contribution in [3.63, 3.8) is 0 Å². The molecule has 1 aromatic heterocycles. The number of hydrogen-bond acceptors (Lipinski definition) is 2. The van der Waals surface area contributed by atoms with Crippen LogP contribution in [0.4, 0.5) is 8.78 Å². The number of alkyl halides is 2. The van der Waals surface area contributed by atoms with E-state index in [0.29, 0.717) is 5.56 Å². The van der Waals surface area contributed by atoms with Gasteiger partial charge in [-0.15, -0.1) is 0 Å². The van der Waals surface area contributed by atoms with Crippen molar-refractivity contribution in [2.24, 2.45) is 5.73 Å². The Morgan fingerprint density at radius 1 is 1.50 bits per heavy atom. The number of aryl methyl sites for hydroxylation is 1. The molecule has 0 aromatic carbocycles. The van der Waals surface area contributed by atoms with E-state index in [-0.39, 0.29) is 6.54 Å². The van der Waals surface area contributed by atoms with E-state index in [2.05, 4.69) is 0 Å². The molecule has 0 radical (unpaired) electrons. The maximum absolute atomic E-state index is 12.4. The quantitative estimate of drug-likeness (QED) is 0.779. The van der Waals surface area contributed by atoms with E-state index in [4.69, 9.17) is 5.73 Å². The highest BCUT2D eigenvalue weighted by Crippen LogP contribution is 2.27. The zero-order valence-corrected chi connectivity index (χ0v) is 7.57. The first-order chi connectivity index (χ1) is 5.66. The van der Waals surface area contributed by atoms with E-state index in [0.717, 1.165) is 5.56 Å². The second-order valence-electron chi connectivity index (χ2n) is 2.69. The van der Waals surface area contributed by atoms with Crippen LogP contribution in [0.2, 0.25) is 0 Å². The molecule has 0 spiro atoms. The third-order valence-electron chi connectivity index (χ3n) is 1.85. The summed E-state index contributed by atoms with van der Waals surface area (Å²) in [6.07, 6.45) is -2.36. The van der Waals surface area contributed by atoms with Gasteiger partial charge in [0.25, 0.3) is 0 Å². The molecular formula is C8H11F2NS. The molecule has 1 unspecified atom stereocenters. The topological polar surface area (TPSA) is 26.0 Å². The lowest BCUT2D eigenvalue weighted by molar-refractivity contribution is 0.117. The molecule has 1 rings (SSSR count). The smallest absolute Gasteiger partial charge is 0.246 e. The minimum Gasteiger partial charge on any atom is -0.330 e. The first kappa shape index (κ1) is 9.61. The molecule has 0 saturated carbocycles. The standard InChI is InChI=1S/C8H11F2NS/c1-5-3-12-4-7(5)6(2-11)8(9)10/h3-4,6,8H,2,11H2,1H3. The Balaban J connectivity index is 2.87. The summed E-state index contributed by atoms with van der Waals surface area (Å²) in [6, 6.07) is 0. The molecule has 0 bridgehead atoms. The fraction of sp³-hybridized carbons (Fsp3) is 0.500. The van der Waals surface area contributed by atoms with E-state index in [1.165, 1.54) is 11.3 Å². The van der Waals surface area contributed by atoms with Gasteiger partial charge < -0.3 is 5.73 Å². The van der Waals surface area contributed by atoms with Gasteiger partial charge in [0.05, 0.1) is 5.92 Å². The van der Waals surface area contributed by atoms with Crippen molar-refractivity contribution in [2.75, 3.05) is 6.54 Å². The Bertz CT molecular complexity index is 247. The zero-order valence-electron chi connectivity index (χ0n) is 6.76. The van der Waals surface area contributed by atoms with E-state index < -0.39 is 12.3 Å². The summed E-state index contributed by atoms with van der Waals surface area (Å²) in [5, 5.41) is 3.61. The van der Waals surface area contributed by atoms with Crippen LogP contribution in [0.15, 0.2) is 10.8 Å². The normalized spacial score (nSPS) is 13.8. The Hall–Kier alpha value is -0.480. The SMILES string of the molecule is Cc1cscc1C(CN)C(F)F. The monoisotopic (exact) mass is 191 g/mol. The predicted octanol–water partition coefficient (Wildman–Crippen LogP) is 2.36. The minimum absolute atomic E-state index is 0.00917. The maximum Gasteiger partial charge on any atom is 0.246 e. The molecule has 0 fully saturated rings. The van der Waals surface area contributed by atoms with Crippen LogP contribution in [0, 0.1) is 6.92 Å². The second-order valence-corrected chi connectivity index (χ2v) is 3.43. The van der Waals surface area contributed by atoms with E-state index in [1.807, 2.05) is 12.3 Å². The second kappa shape index (κ2) is 3.96. The highest BCUT2D eigenvalue weighted by Gasteiger charge is 2.22. The van der Waals surface area contributed by atoms with Crippen molar-refractivity contribution >= 4 is 11.3 Å². The average molecular weight is 191 g/mol. The van der Waals surface area contributed by atoms with Gasteiger partial charge >= 0.3 is 0 Å². The van der Waals surface area contributed by atoms with Gasteiger partial charge in [-0.25, -0.2) is 8.78 Å². The average Bonchev–Trinajstić information content (AvgIpc) is 2.38. The third-order valence-corrected chi connectivity index (χ3v) is 2.73. The van der Waals surface area contributed by atoms with Crippen LogP contribution in [0.5, 0.6) is 0 Å². The molecule has 1 aromatic rings. The molecule has 0 saturated heterocycles. The molecule has 2 N–H and O–H groups in total. The maximum atomic E-state index is 12.4. The molecule has 4 heteroatoms. The Morgan fingerprint density at radius 2 is 2.17 bits per heavy atom. The Morgan fingerprint density at radius 3 is 2.50 bits per heavy atom. The zero-order chi connectivity index (χ0) is 9.14. The van der Waals surface area contributed by atoms with Crippen LogP contribution in [0.1, 0.15) is 17.0 Å². The number of hydrogen-bond donors (Lipinski definition) is 1. The molecule has 0 aliphatic heterocycles. The van der Waals surface area contributed by atoms with Gasteiger partial charge in [0.1, 0.15) is 0 Å². The van der Waals surface area contributed by atoms with Crippen molar-refractivity contribution < 1.29 is 8.78 Å². The minimum atomic E-state index is -2.36. The highest BCUT2D eigenvalue weighted by molar-refractivity contribution is 7.08. The highest BCUT2D eigenvalue weighted by atomic mass is 32.1. The largest absolute Gasteiger partial charge is 0.330 e. The van der Waals surface area contributed by atoms with Gasteiger partial charge in [-0.1, -0.05) is 0 Å². The Kier molecular flexibility index (Phi) is 3.17. The van der Waals surface area contributed by atoms with Crippen LogP contribution in [-0.4, -0.2) is 13.0 Å². The van der Waals surface area contributed by atoms with Crippen LogP contribution >= 0.6 is 11.3 Å². The lowest BCUT2D eigenvalue weighted by Crippen LogP contribution is -2.19. The summed E-state index contributed by atoms with van der Waals surface area (Å²) in [5.41, 5.74) is 6.86. The third kappa shape index (κ3) is 1.81. The fourth-order valence-electron chi connectivity index (χ4n) is 1.12. The summed E-state index contributed by atoms with van der Waals surface area (Å²) in [6.45, 7) is 1.84. The van der Waals surface area contributed by atoms with Crippen molar-refractivity contribution in [2.45, 2.75) is 19.3 Å². The predicted molar refractivity (Wildman–Crippen MR) is 46.9 cm³/mol. The fourth-order valence-corrected chi connectivity index (χ4v) is 2.03. The van der Waals surface area contributed by atoms with Gasteiger partial charge in [0.15, 0.2) is 0 Å². The van der Waals surface area contributed by atoms with E-state index in [9.17, 15) is 8.78 Å². The molecule has 1 atom stereocenters. The van der Waals surface area contributed by atoms with E-state index in [1.54, 1.807) is 5.38 Å². The summed E-state index contributed by atoms with van der Waals surface area (Å²) < 4.78 is 24.7. The van der Waals surface area contributed by atoms with Crippen molar-refractivity contribution in [1.29, 1.82) is 0 Å². The molecule has 0 aliphatic rings. The van der Waals surface area contributed by atoms with Gasteiger partial charge in [0, 0.05) is 6.54 Å². The van der Waals surface area contributed by atoms with Crippen molar-refractivity contribution in [3.05, 3.63) is 21.9 Å². The van der Waals surface area contributed by atoms with Crippen molar-refractivity contribution in [3.8, 4) is 0 Å². The number of nitrogens with two attached hydrogens (primary N) is 1. The number of rotatable bonds is 3. The molecule has 0 amide bonds. The number of halogens is 2. The lowest BCUT2D eigenvalue weighted by atomic mass is 10.00. The van der Waals surface area contributed by atoms with Crippen molar-refractivity contribution in [1.82, 2.24) is 0 Å². The summed E-state index contributed by atoms with van der Waals surface area (Å²) in [7, 11) is 0. The summed E-state index contributed by atoms with van der Waals surface area (Å²) in [5.74, 6) is -0.795. The molecule has 68 valence electrons. The van der Waals surface area contributed by atoms with Gasteiger partial charge in [0.2, 0.25) is 6.43 Å². The molecule has 1 nitrogen and oxygen atoms in total. The van der Waals surface area contributed by atoms with E-state index >= 15 is 0 Å². The van der Waals surface area contributed by atoms with Crippen LogP contribution in [-0.2, 0) is 0 Å². The van der Waals surface area contributed by atoms with Crippen LogP contribution < -0.4 is 5.73 Å². The Labute approximate surface area is 74.2 Å². The molecule has 0 aliphatic carbocycles. The molecular weight excluding hydrogens is 180 g/mol. The summed E-state index contributed by atoms with van der Waals surface area (Å²) in [4.78, 5) is 0.